The number of hydrogen-bond donors (Lipinski definition) is 0. The Hall–Kier alpha value is -1.45. The smallest absolute Gasteiger partial charge is 0.160 e. The molecule has 0 fully saturated rings. The molecule has 0 aliphatic heterocycles. The average molecular weight is 207 g/mol. The highest BCUT2D eigenvalue weighted by molar-refractivity contribution is 5.38. The number of nitrogens with zero attached hydrogens (tertiary/aromatic N) is 3. The number of aromatic nitrogens is 3. The molecule has 0 saturated carbocycles. The van der Waals surface area contributed by atoms with Gasteiger partial charge in [0.05, 0.1) is 0 Å². The van der Waals surface area contributed by atoms with Crippen LogP contribution in [0.2, 0.25) is 0 Å². The Morgan fingerprint density at radius 1 is 1.33 bits per heavy atom. The van der Waals surface area contributed by atoms with Crippen molar-refractivity contribution in [3.63, 3.8) is 0 Å². The number of halogens is 1. The Morgan fingerprint density at radius 3 is 2.73 bits per heavy atom. The molecule has 15 heavy (non-hydrogen) atoms. The first-order valence-corrected chi connectivity index (χ1v) is 5.05. The molecule has 2 aromatic heterocycles. The summed E-state index contributed by atoms with van der Waals surface area (Å²) >= 11 is 0. The molecule has 2 rings (SSSR count). The standard InChI is InChI=1S/C11H14FN3/c1-4-11(2,3)10-14-13-9-6-5-8(12)7-15(9)10/h5-7H,4H2,1-3H3. The van der Waals surface area contributed by atoms with Gasteiger partial charge in [0.25, 0.3) is 0 Å². The first-order chi connectivity index (χ1) is 7.04. The fourth-order valence-electron chi connectivity index (χ4n) is 1.48. The minimum absolute atomic E-state index is 0.0901. The first-order valence-electron chi connectivity index (χ1n) is 5.05. The molecule has 0 aliphatic rings. The SMILES string of the molecule is CCC(C)(C)c1nnc2ccc(F)cn12. The van der Waals surface area contributed by atoms with Crippen LogP contribution in [0.15, 0.2) is 18.3 Å². The number of rotatable bonds is 2. The van der Waals surface area contributed by atoms with E-state index in [-0.39, 0.29) is 11.2 Å². The Kier molecular flexibility index (Phi) is 2.21. The lowest BCUT2D eigenvalue weighted by Crippen LogP contribution is -2.19. The van der Waals surface area contributed by atoms with E-state index in [0.717, 1.165) is 12.2 Å². The zero-order chi connectivity index (χ0) is 11.1. The van der Waals surface area contributed by atoms with Gasteiger partial charge in [0, 0.05) is 11.6 Å². The van der Waals surface area contributed by atoms with Crippen molar-refractivity contribution >= 4 is 5.65 Å². The van der Waals surface area contributed by atoms with Gasteiger partial charge >= 0.3 is 0 Å². The van der Waals surface area contributed by atoms with Crippen molar-refractivity contribution in [1.82, 2.24) is 14.6 Å². The molecular weight excluding hydrogens is 193 g/mol. The highest BCUT2D eigenvalue weighted by Crippen LogP contribution is 2.25. The second-order valence-corrected chi connectivity index (χ2v) is 4.34. The summed E-state index contributed by atoms with van der Waals surface area (Å²) in [5, 5.41) is 8.15. The van der Waals surface area contributed by atoms with Crippen molar-refractivity contribution in [2.75, 3.05) is 0 Å². The van der Waals surface area contributed by atoms with E-state index in [9.17, 15) is 4.39 Å². The summed E-state index contributed by atoms with van der Waals surface area (Å²) in [5.41, 5.74) is 0.598. The van der Waals surface area contributed by atoms with Crippen LogP contribution < -0.4 is 0 Å². The van der Waals surface area contributed by atoms with E-state index in [1.807, 2.05) is 0 Å². The molecule has 0 radical (unpaired) electrons. The third-order valence-corrected chi connectivity index (χ3v) is 2.86. The third kappa shape index (κ3) is 1.60. The summed E-state index contributed by atoms with van der Waals surface area (Å²) in [6.45, 7) is 6.24. The molecule has 0 bridgehead atoms. The van der Waals surface area contributed by atoms with Gasteiger partial charge in [-0.3, -0.25) is 4.40 Å². The summed E-state index contributed by atoms with van der Waals surface area (Å²) in [5.74, 6) is 0.537. The molecule has 2 heterocycles. The quantitative estimate of drug-likeness (QED) is 0.757. The zero-order valence-electron chi connectivity index (χ0n) is 9.16. The van der Waals surface area contributed by atoms with Crippen molar-refractivity contribution in [2.45, 2.75) is 32.6 Å². The van der Waals surface area contributed by atoms with E-state index >= 15 is 0 Å². The van der Waals surface area contributed by atoms with Crippen LogP contribution in [-0.4, -0.2) is 14.6 Å². The Bertz CT molecular complexity index is 488. The molecule has 4 heteroatoms. The molecule has 0 N–H and O–H groups in total. The molecule has 0 unspecified atom stereocenters. The van der Waals surface area contributed by atoms with E-state index in [0.29, 0.717) is 5.65 Å². The fraction of sp³-hybridized carbons (Fsp3) is 0.455. The van der Waals surface area contributed by atoms with Gasteiger partial charge in [-0.1, -0.05) is 20.8 Å². The van der Waals surface area contributed by atoms with Gasteiger partial charge in [0.15, 0.2) is 5.65 Å². The summed E-state index contributed by atoms with van der Waals surface area (Å²) in [6, 6.07) is 3.03. The van der Waals surface area contributed by atoms with Crippen LogP contribution in [0.1, 0.15) is 33.0 Å². The minimum atomic E-state index is -0.268. The number of hydrogen-bond acceptors (Lipinski definition) is 2. The second kappa shape index (κ2) is 3.29. The normalized spacial score (nSPS) is 12.3. The molecule has 0 atom stereocenters. The molecule has 0 saturated heterocycles. The zero-order valence-corrected chi connectivity index (χ0v) is 9.16. The predicted octanol–water partition coefficient (Wildman–Crippen LogP) is 2.56. The first kappa shape index (κ1) is 10.1. The Labute approximate surface area is 87.9 Å². The second-order valence-electron chi connectivity index (χ2n) is 4.34. The van der Waals surface area contributed by atoms with Crippen LogP contribution in [-0.2, 0) is 5.41 Å². The molecule has 80 valence electrons. The summed E-state index contributed by atoms with van der Waals surface area (Å²) < 4.78 is 14.8. The lowest BCUT2D eigenvalue weighted by Gasteiger charge is -2.19. The van der Waals surface area contributed by atoms with Crippen LogP contribution in [0.5, 0.6) is 0 Å². The monoisotopic (exact) mass is 207 g/mol. The maximum absolute atomic E-state index is 13.1. The highest BCUT2D eigenvalue weighted by Gasteiger charge is 2.24. The van der Waals surface area contributed by atoms with Crippen molar-refractivity contribution < 1.29 is 4.39 Å². The van der Waals surface area contributed by atoms with Gasteiger partial charge in [-0.05, 0) is 18.6 Å². The molecule has 2 aromatic rings. The third-order valence-electron chi connectivity index (χ3n) is 2.86. The van der Waals surface area contributed by atoms with Gasteiger partial charge in [-0.25, -0.2) is 4.39 Å². The molecule has 0 spiro atoms. The Morgan fingerprint density at radius 2 is 2.07 bits per heavy atom. The van der Waals surface area contributed by atoms with Gasteiger partial charge in [0.2, 0.25) is 0 Å². The highest BCUT2D eigenvalue weighted by atomic mass is 19.1. The number of pyridine rings is 1. The summed E-state index contributed by atoms with van der Waals surface area (Å²) in [6.07, 6.45) is 2.37. The van der Waals surface area contributed by atoms with E-state index in [1.165, 1.54) is 12.3 Å². The topological polar surface area (TPSA) is 30.2 Å². The molecular formula is C11H14FN3. The van der Waals surface area contributed by atoms with E-state index in [2.05, 4.69) is 31.0 Å². The van der Waals surface area contributed by atoms with Gasteiger partial charge in [-0.2, -0.15) is 0 Å². The molecule has 0 amide bonds. The largest absolute Gasteiger partial charge is 0.283 e. The summed E-state index contributed by atoms with van der Waals surface area (Å²) in [7, 11) is 0. The average Bonchev–Trinajstić information content (AvgIpc) is 2.61. The van der Waals surface area contributed by atoms with Gasteiger partial charge in [0.1, 0.15) is 11.6 Å². The van der Waals surface area contributed by atoms with Crippen molar-refractivity contribution in [3.05, 3.63) is 30.0 Å². The predicted molar refractivity (Wildman–Crippen MR) is 56.3 cm³/mol. The van der Waals surface area contributed by atoms with Gasteiger partial charge < -0.3 is 0 Å². The van der Waals surface area contributed by atoms with Crippen LogP contribution in [0.3, 0.4) is 0 Å². The molecule has 3 nitrogen and oxygen atoms in total. The Balaban J connectivity index is 2.67. The maximum Gasteiger partial charge on any atom is 0.160 e. The van der Waals surface area contributed by atoms with E-state index in [4.69, 9.17) is 0 Å². The van der Waals surface area contributed by atoms with Crippen LogP contribution in [0.4, 0.5) is 4.39 Å². The maximum atomic E-state index is 13.1. The fourth-order valence-corrected chi connectivity index (χ4v) is 1.48. The summed E-state index contributed by atoms with van der Waals surface area (Å²) in [4.78, 5) is 0. The van der Waals surface area contributed by atoms with E-state index < -0.39 is 0 Å². The van der Waals surface area contributed by atoms with E-state index in [1.54, 1.807) is 10.5 Å². The van der Waals surface area contributed by atoms with Gasteiger partial charge in [-0.15, -0.1) is 10.2 Å². The van der Waals surface area contributed by atoms with Crippen molar-refractivity contribution in [1.29, 1.82) is 0 Å². The van der Waals surface area contributed by atoms with Crippen LogP contribution >= 0.6 is 0 Å². The molecule has 0 aliphatic carbocycles. The minimum Gasteiger partial charge on any atom is -0.283 e. The van der Waals surface area contributed by atoms with Crippen LogP contribution in [0.25, 0.3) is 5.65 Å². The van der Waals surface area contributed by atoms with Crippen LogP contribution in [0, 0.1) is 5.82 Å². The van der Waals surface area contributed by atoms with Crippen molar-refractivity contribution in [3.8, 4) is 0 Å². The lowest BCUT2D eigenvalue weighted by molar-refractivity contribution is 0.466. The number of fused-ring (bicyclic) bond motifs is 1. The molecule has 0 aromatic carbocycles. The van der Waals surface area contributed by atoms with Crippen molar-refractivity contribution in [2.24, 2.45) is 0 Å². The lowest BCUT2D eigenvalue weighted by atomic mass is 9.89.